The largest absolute Gasteiger partial charge is 0.476 e. The van der Waals surface area contributed by atoms with Gasteiger partial charge in [0.1, 0.15) is 11.5 Å². The summed E-state index contributed by atoms with van der Waals surface area (Å²) in [5.41, 5.74) is 4.62. The third-order valence-corrected chi connectivity index (χ3v) is 3.86. The highest BCUT2D eigenvalue weighted by Gasteiger charge is 2.22. The Bertz CT molecular complexity index is 741. The summed E-state index contributed by atoms with van der Waals surface area (Å²) < 4.78 is 27.7. The fraction of sp³-hybridized carbons (Fsp3) is 0.0769. The number of anilines is 1. The van der Waals surface area contributed by atoms with Gasteiger partial charge in [0.25, 0.3) is 0 Å². The summed E-state index contributed by atoms with van der Waals surface area (Å²) in [6.45, 7) is 0. The third-order valence-electron chi connectivity index (χ3n) is 2.73. The van der Waals surface area contributed by atoms with Crippen molar-refractivity contribution < 1.29 is 18.7 Å². The molecule has 21 heavy (non-hydrogen) atoms. The van der Waals surface area contributed by atoms with Gasteiger partial charge in [-0.25, -0.2) is 18.6 Å². The van der Waals surface area contributed by atoms with Gasteiger partial charge in [-0.3, -0.25) is 0 Å². The zero-order valence-corrected chi connectivity index (χ0v) is 12.2. The second kappa shape index (κ2) is 5.87. The maximum atomic E-state index is 14.3. The third kappa shape index (κ3) is 2.79. The Labute approximate surface area is 127 Å². The normalized spacial score (nSPS) is 10.7. The first-order valence-electron chi connectivity index (χ1n) is 5.58. The summed E-state index contributed by atoms with van der Waals surface area (Å²) in [4.78, 5) is 15.0. The van der Waals surface area contributed by atoms with Crippen LogP contribution < -0.4 is 5.73 Å². The molecule has 0 atom stereocenters. The molecule has 2 rings (SSSR count). The molecule has 1 aromatic carbocycles. The number of nitrogen functional groups attached to an aromatic ring is 1. The van der Waals surface area contributed by atoms with Crippen LogP contribution in [0.5, 0.6) is 0 Å². The summed E-state index contributed by atoms with van der Waals surface area (Å²) in [6, 6.07) is 3.53. The molecule has 0 fully saturated rings. The van der Waals surface area contributed by atoms with E-state index in [9.17, 15) is 13.6 Å². The number of carboxylic acids is 1. The van der Waals surface area contributed by atoms with Crippen molar-refractivity contribution in [2.45, 2.75) is 4.90 Å². The standard InChI is InChI=1S/C13H9ClF2N2O2S/c1-21-12-9(17)8(16)10(18-11(12)13(19)20)5-2-3-6(14)7(15)4-5/h2-4H,1H3,(H2,17,18)(H,19,20). The molecule has 8 heteroatoms. The number of pyridine rings is 1. The molecule has 0 spiro atoms. The molecule has 110 valence electrons. The number of aromatic nitrogens is 1. The first kappa shape index (κ1) is 15.5. The Morgan fingerprint density at radius 3 is 2.62 bits per heavy atom. The number of halogens is 3. The molecule has 0 bridgehead atoms. The number of thioether (sulfide) groups is 1. The van der Waals surface area contributed by atoms with Crippen LogP contribution in [0.15, 0.2) is 23.1 Å². The molecule has 4 nitrogen and oxygen atoms in total. The van der Waals surface area contributed by atoms with Crippen molar-refractivity contribution in [1.82, 2.24) is 4.98 Å². The molecule has 0 amide bonds. The molecule has 0 saturated carbocycles. The van der Waals surface area contributed by atoms with Gasteiger partial charge in [-0.2, -0.15) is 0 Å². The van der Waals surface area contributed by atoms with E-state index in [0.29, 0.717) is 0 Å². The van der Waals surface area contributed by atoms with Crippen LogP contribution in [0.2, 0.25) is 5.02 Å². The number of carboxylic acid groups (broad SMARTS) is 1. The first-order chi connectivity index (χ1) is 9.86. The van der Waals surface area contributed by atoms with Crippen LogP contribution in [0.3, 0.4) is 0 Å². The molecule has 1 heterocycles. The minimum absolute atomic E-state index is 0.0261. The van der Waals surface area contributed by atoms with Crippen molar-refractivity contribution in [3.05, 3.63) is 40.6 Å². The van der Waals surface area contributed by atoms with Gasteiger partial charge in [-0.1, -0.05) is 17.7 Å². The lowest BCUT2D eigenvalue weighted by atomic mass is 10.1. The van der Waals surface area contributed by atoms with Crippen molar-refractivity contribution in [2.75, 3.05) is 12.0 Å². The fourth-order valence-corrected chi connectivity index (χ4v) is 2.51. The number of aromatic carboxylic acids is 1. The van der Waals surface area contributed by atoms with Crippen molar-refractivity contribution >= 4 is 35.0 Å². The predicted octanol–water partition coefficient (Wildman–Crippen LogP) is 3.68. The molecule has 0 aliphatic heterocycles. The number of carbonyl (C=O) groups is 1. The number of nitrogens with two attached hydrogens (primary N) is 1. The van der Waals surface area contributed by atoms with Crippen LogP contribution >= 0.6 is 23.4 Å². The van der Waals surface area contributed by atoms with Gasteiger partial charge in [-0.15, -0.1) is 11.8 Å². The van der Waals surface area contributed by atoms with E-state index in [1.165, 1.54) is 12.1 Å². The zero-order chi connectivity index (χ0) is 15.7. The number of hydrogen-bond donors (Lipinski definition) is 2. The first-order valence-corrected chi connectivity index (χ1v) is 7.18. The lowest BCUT2D eigenvalue weighted by Crippen LogP contribution is -2.09. The molecular formula is C13H9ClF2N2O2S. The molecule has 1 aromatic heterocycles. The molecule has 0 aliphatic rings. The second-order valence-electron chi connectivity index (χ2n) is 4.00. The lowest BCUT2D eigenvalue weighted by molar-refractivity contribution is 0.0686. The van der Waals surface area contributed by atoms with Gasteiger partial charge in [0.2, 0.25) is 0 Å². The smallest absolute Gasteiger partial charge is 0.355 e. The monoisotopic (exact) mass is 330 g/mol. The van der Waals surface area contributed by atoms with Crippen LogP contribution in [0, 0.1) is 11.6 Å². The molecule has 0 saturated heterocycles. The van der Waals surface area contributed by atoms with Crippen molar-refractivity contribution in [3.63, 3.8) is 0 Å². The molecule has 0 radical (unpaired) electrons. The van der Waals surface area contributed by atoms with Crippen molar-refractivity contribution in [3.8, 4) is 11.3 Å². The summed E-state index contributed by atoms with van der Waals surface area (Å²) in [6.07, 6.45) is 1.56. The van der Waals surface area contributed by atoms with Gasteiger partial charge >= 0.3 is 5.97 Å². The van der Waals surface area contributed by atoms with E-state index in [1.807, 2.05) is 0 Å². The number of rotatable bonds is 3. The van der Waals surface area contributed by atoms with E-state index in [-0.39, 0.29) is 32.6 Å². The number of nitrogens with zero attached hydrogens (tertiary/aromatic N) is 1. The Balaban J connectivity index is 2.74. The van der Waals surface area contributed by atoms with Crippen molar-refractivity contribution in [2.24, 2.45) is 0 Å². The van der Waals surface area contributed by atoms with Gasteiger partial charge in [0.15, 0.2) is 11.5 Å². The Morgan fingerprint density at radius 2 is 2.10 bits per heavy atom. The van der Waals surface area contributed by atoms with E-state index < -0.39 is 17.6 Å². The number of hydrogen-bond acceptors (Lipinski definition) is 4. The highest BCUT2D eigenvalue weighted by Crippen LogP contribution is 2.34. The van der Waals surface area contributed by atoms with E-state index in [0.717, 1.165) is 17.8 Å². The van der Waals surface area contributed by atoms with E-state index in [4.69, 9.17) is 22.4 Å². The minimum atomic E-state index is -1.35. The van der Waals surface area contributed by atoms with E-state index in [2.05, 4.69) is 4.98 Å². The minimum Gasteiger partial charge on any atom is -0.476 e. The molecular weight excluding hydrogens is 322 g/mol. The summed E-state index contributed by atoms with van der Waals surface area (Å²) >= 11 is 6.53. The topological polar surface area (TPSA) is 76.2 Å². The molecule has 2 aromatic rings. The summed E-state index contributed by atoms with van der Waals surface area (Å²) in [5.74, 6) is -3.01. The highest BCUT2D eigenvalue weighted by atomic mass is 35.5. The average Bonchev–Trinajstić information content (AvgIpc) is 2.44. The second-order valence-corrected chi connectivity index (χ2v) is 5.23. The van der Waals surface area contributed by atoms with Gasteiger partial charge in [0.05, 0.1) is 15.6 Å². The van der Waals surface area contributed by atoms with Crippen LogP contribution in [0.4, 0.5) is 14.5 Å². The Hall–Kier alpha value is -1.86. The van der Waals surface area contributed by atoms with E-state index >= 15 is 0 Å². The predicted molar refractivity (Wildman–Crippen MR) is 77.8 cm³/mol. The van der Waals surface area contributed by atoms with Crippen LogP contribution in [-0.2, 0) is 0 Å². The van der Waals surface area contributed by atoms with Gasteiger partial charge < -0.3 is 10.8 Å². The molecule has 0 aliphatic carbocycles. The summed E-state index contributed by atoms with van der Waals surface area (Å²) in [5, 5.41) is 9.00. The zero-order valence-electron chi connectivity index (χ0n) is 10.7. The molecule has 0 unspecified atom stereocenters. The quantitative estimate of drug-likeness (QED) is 0.839. The SMILES string of the molecule is CSc1c(C(=O)O)nc(-c2ccc(Cl)c(F)c2)c(F)c1N. The number of benzene rings is 1. The van der Waals surface area contributed by atoms with Gasteiger partial charge in [0, 0.05) is 5.56 Å². The Kier molecular flexibility index (Phi) is 4.34. The van der Waals surface area contributed by atoms with Crippen LogP contribution in [0.1, 0.15) is 10.5 Å². The fourth-order valence-electron chi connectivity index (χ4n) is 1.75. The summed E-state index contributed by atoms with van der Waals surface area (Å²) in [7, 11) is 0. The van der Waals surface area contributed by atoms with Crippen LogP contribution in [0.25, 0.3) is 11.3 Å². The maximum absolute atomic E-state index is 14.3. The van der Waals surface area contributed by atoms with Crippen molar-refractivity contribution in [1.29, 1.82) is 0 Å². The average molecular weight is 331 g/mol. The van der Waals surface area contributed by atoms with Crippen LogP contribution in [-0.4, -0.2) is 22.3 Å². The van der Waals surface area contributed by atoms with Gasteiger partial charge in [-0.05, 0) is 18.4 Å². The molecule has 3 N–H and O–H groups in total. The Morgan fingerprint density at radius 1 is 1.43 bits per heavy atom. The maximum Gasteiger partial charge on any atom is 0.355 e. The lowest BCUT2D eigenvalue weighted by Gasteiger charge is -2.12. The van der Waals surface area contributed by atoms with E-state index in [1.54, 1.807) is 6.26 Å². The highest BCUT2D eigenvalue weighted by molar-refractivity contribution is 7.98.